The second-order valence-electron chi connectivity index (χ2n) is 6.93. The minimum absolute atomic E-state index is 0.0379. The minimum Gasteiger partial charge on any atom is -0.345 e. The summed E-state index contributed by atoms with van der Waals surface area (Å²) in [6.07, 6.45) is 1.90. The highest BCUT2D eigenvalue weighted by Gasteiger charge is 2.50. The molecule has 0 bridgehead atoms. The summed E-state index contributed by atoms with van der Waals surface area (Å²) in [5, 5.41) is 3.16. The zero-order valence-electron chi connectivity index (χ0n) is 13.9. The SMILES string of the molecule is CCC(c1ccccc1)C1C(=O)CC2(CCC(=O)CC2)OC1N=O. The zero-order chi connectivity index (χ0) is 17.2. The molecule has 1 heterocycles. The van der Waals surface area contributed by atoms with Gasteiger partial charge in [-0.25, -0.2) is 0 Å². The van der Waals surface area contributed by atoms with E-state index in [-0.39, 0.29) is 23.9 Å². The zero-order valence-corrected chi connectivity index (χ0v) is 13.9. The molecule has 3 rings (SSSR count). The van der Waals surface area contributed by atoms with E-state index >= 15 is 0 Å². The van der Waals surface area contributed by atoms with E-state index in [9.17, 15) is 14.5 Å². The number of ether oxygens (including phenoxy) is 1. The third-order valence-electron chi connectivity index (χ3n) is 5.47. The quantitative estimate of drug-likeness (QED) is 0.788. The molecule has 0 radical (unpaired) electrons. The number of carbonyl (C=O) groups is 2. The number of nitrogens with zero attached hydrogens (tertiary/aromatic N) is 1. The molecule has 1 saturated carbocycles. The van der Waals surface area contributed by atoms with Crippen LogP contribution < -0.4 is 0 Å². The fraction of sp³-hybridized carbons (Fsp3) is 0.579. The molecule has 1 spiro atoms. The molecule has 0 N–H and O–H groups in total. The first-order valence-electron chi connectivity index (χ1n) is 8.68. The number of nitroso groups, excluding NO2 is 1. The smallest absolute Gasteiger partial charge is 0.200 e. The molecule has 2 fully saturated rings. The van der Waals surface area contributed by atoms with Crippen molar-refractivity contribution in [3.8, 4) is 0 Å². The van der Waals surface area contributed by atoms with Crippen LogP contribution in [0.2, 0.25) is 0 Å². The molecule has 128 valence electrons. The molecule has 5 nitrogen and oxygen atoms in total. The summed E-state index contributed by atoms with van der Waals surface area (Å²) in [7, 11) is 0. The molecule has 0 amide bonds. The molecule has 1 aliphatic carbocycles. The Labute approximate surface area is 141 Å². The normalized spacial score (nSPS) is 27.9. The fourth-order valence-corrected chi connectivity index (χ4v) is 4.15. The molecular weight excluding hydrogens is 306 g/mol. The highest BCUT2D eigenvalue weighted by atomic mass is 16.5. The minimum atomic E-state index is -0.968. The van der Waals surface area contributed by atoms with Crippen molar-refractivity contribution in [1.29, 1.82) is 0 Å². The van der Waals surface area contributed by atoms with E-state index < -0.39 is 17.7 Å². The van der Waals surface area contributed by atoms with Gasteiger partial charge in [0.15, 0.2) is 6.23 Å². The van der Waals surface area contributed by atoms with Crippen LogP contribution in [-0.4, -0.2) is 23.4 Å². The predicted molar refractivity (Wildman–Crippen MR) is 89.5 cm³/mol. The number of Topliss-reactive ketones (excluding diaryl/α,β-unsaturated/α-hetero) is 2. The summed E-state index contributed by atoms with van der Waals surface area (Å²) < 4.78 is 6.05. The Hall–Kier alpha value is -1.88. The second kappa shape index (κ2) is 6.93. The fourth-order valence-electron chi connectivity index (χ4n) is 4.15. The van der Waals surface area contributed by atoms with Gasteiger partial charge >= 0.3 is 0 Å². The van der Waals surface area contributed by atoms with Gasteiger partial charge in [0, 0.05) is 19.3 Å². The van der Waals surface area contributed by atoms with Gasteiger partial charge in [0.25, 0.3) is 0 Å². The lowest BCUT2D eigenvalue weighted by Gasteiger charge is -2.45. The molecular formula is C19H23NO4. The number of hydrogen-bond acceptors (Lipinski definition) is 5. The van der Waals surface area contributed by atoms with Gasteiger partial charge in [-0.2, -0.15) is 0 Å². The van der Waals surface area contributed by atoms with Crippen molar-refractivity contribution in [2.75, 3.05) is 0 Å². The topological polar surface area (TPSA) is 72.8 Å². The van der Waals surface area contributed by atoms with Crippen LogP contribution in [0.1, 0.15) is 56.9 Å². The average Bonchev–Trinajstić information content (AvgIpc) is 2.61. The van der Waals surface area contributed by atoms with Crippen LogP contribution in [0.4, 0.5) is 0 Å². The van der Waals surface area contributed by atoms with Gasteiger partial charge in [-0.05, 0) is 35.9 Å². The summed E-state index contributed by atoms with van der Waals surface area (Å²) in [6.45, 7) is 2.01. The van der Waals surface area contributed by atoms with Crippen molar-refractivity contribution < 1.29 is 14.3 Å². The van der Waals surface area contributed by atoms with Crippen LogP contribution in [0.15, 0.2) is 35.5 Å². The average molecular weight is 329 g/mol. The van der Waals surface area contributed by atoms with Crippen LogP contribution in [0, 0.1) is 10.8 Å². The first kappa shape index (κ1) is 17.0. The molecule has 3 unspecified atom stereocenters. The predicted octanol–water partition coefficient (Wildman–Crippen LogP) is 3.76. The van der Waals surface area contributed by atoms with Crippen LogP contribution >= 0.6 is 0 Å². The van der Waals surface area contributed by atoms with E-state index in [1.807, 2.05) is 37.3 Å². The molecule has 2 aliphatic rings. The van der Waals surface area contributed by atoms with Gasteiger partial charge in [-0.1, -0.05) is 37.3 Å². The Morgan fingerprint density at radius 3 is 2.46 bits per heavy atom. The number of rotatable bonds is 4. The summed E-state index contributed by atoms with van der Waals surface area (Å²) >= 11 is 0. The third kappa shape index (κ3) is 3.18. The van der Waals surface area contributed by atoms with Crippen molar-refractivity contribution in [2.24, 2.45) is 11.1 Å². The Bertz CT molecular complexity index is 618. The molecule has 0 aromatic heterocycles. The van der Waals surface area contributed by atoms with Gasteiger partial charge in [0.2, 0.25) is 0 Å². The van der Waals surface area contributed by atoms with Crippen LogP contribution in [0.25, 0.3) is 0 Å². The highest BCUT2D eigenvalue weighted by Crippen LogP contribution is 2.45. The lowest BCUT2D eigenvalue weighted by molar-refractivity contribution is -0.181. The van der Waals surface area contributed by atoms with Crippen LogP contribution in [0.3, 0.4) is 0 Å². The Balaban J connectivity index is 1.85. The summed E-state index contributed by atoms with van der Waals surface area (Å²) in [5.41, 5.74) is 0.361. The van der Waals surface area contributed by atoms with E-state index in [0.29, 0.717) is 25.7 Å². The van der Waals surface area contributed by atoms with Gasteiger partial charge in [-0.15, -0.1) is 4.91 Å². The largest absolute Gasteiger partial charge is 0.345 e. The second-order valence-corrected chi connectivity index (χ2v) is 6.93. The summed E-state index contributed by atoms with van der Waals surface area (Å²) in [6, 6.07) is 9.76. The third-order valence-corrected chi connectivity index (χ3v) is 5.47. The Morgan fingerprint density at radius 2 is 1.88 bits per heavy atom. The number of benzene rings is 1. The summed E-state index contributed by atoms with van der Waals surface area (Å²) in [5.74, 6) is -0.386. The molecule has 1 aromatic rings. The Morgan fingerprint density at radius 1 is 1.21 bits per heavy atom. The molecule has 3 atom stereocenters. The van der Waals surface area contributed by atoms with Gasteiger partial charge < -0.3 is 4.74 Å². The van der Waals surface area contributed by atoms with E-state index in [4.69, 9.17) is 4.74 Å². The lowest BCUT2D eigenvalue weighted by atomic mass is 9.71. The molecule has 1 aromatic carbocycles. The Kier molecular flexibility index (Phi) is 4.90. The highest BCUT2D eigenvalue weighted by molar-refractivity contribution is 5.85. The maximum absolute atomic E-state index is 12.9. The van der Waals surface area contributed by atoms with E-state index in [2.05, 4.69) is 5.18 Å². The maximum Gasteiger partial charge on any atom is 0.200 e. The van der Waals surface area contributed by atoms with Crippen LogP contribution in [0.5, 0.6) is 0 Å². The lowest BCUT2D eigenvalue weighted by Crippen LogP contribution is -2.52. The maximum atomic E-state index is 12.9. The van der Waals surface area contributed by atoms with Gasteiger partial charge in [0.05, 0.1) is 11.5 Å². The number of carbonyl (C=O) groups excluding carboxylic acids is 2. The van der Waals surface area contributed by atoms with Crippen molar-refractivity contribution in [3.05, 3.63) is 40.8 Å². The van der Waals surface area contributed by atoms with Crippen LogP contribution in [-0.2, 0) is 14.3 Å². The molecule has 1 saturated heterocycles. The van der Waals surface area contributed by atoms with Crippen molar-refractivity contribution in [1.82, 2.24) is 0 Å². The monoisotopic (exact) mass is 329 g/mol. The van der Waals surface area contributed by atoms with Crippen molar-refractivity contribution in [2.45, 2.75) is 63.2 Å². The van der Waals surface area contributed by atoms with E-state index in [0.717, 1.165) is 12.0 Å². The number of hydrogen-bond donors (Lipinski definition) is 0. The van der Waals surface area contributed by atoms with Crippen molar-refractivity contribution in [3.63, 3.8) is 0 Å². The van der Waals surface area contributed by atoms with Gasteiger partial charge in [-0.3, -0.25) is 9.59 Å². The molecule has 1 aliphatic heterocycles. The first-order valence-corrected chi connectivity index (χ1v) is 8.68. The standard InChI is InChI=1S/C19H23NO4/c1-2-15(13-6-4-3-5-7-13)17-16(22)12-19(24-18(17)20-23)10-8-14(21)9-11-19/h3-7,15,17-18H,2,8-12H2,1H3. The summed E-state index contributed by atoms with van der Waals surface area (Å²) in [4.78, 5) is 35.9. The van der Waals surface area contributed by atoms with Crippen molar-refractivity contribution >= 4 is 11.6 Å². The number of ketones is 2. The van der Waals surface area contributed by atoms with E-state index in [1.165, 1.54) is 0 Å². The first-order chi connectivity index (χ1) is 11.6. The molecule has 24 heavy (non-hydrogen) atoms. The van der Waals surface area contributed by atoms with Gasteiger partial charge in [0.1, 0.15) is 11.6 Å². The molecule has 5 heteroatoms. The van der Waals surface area contributed by atoms with E-state index in [1.54, 1.807) is 0 Å².